The third-order valence-corrected chi connectivity index (χ3v) is 3.68. The molecule has 0 radical (unpaired) electrons. The molecular weight excluding hydrogens is 336 g/mol. The van der Waals surface area contributed by atoms with E-state index in [9.17, 15) is 14.9 Å². The predicted octanol–water partition coefficient (Wildman–Crippen LogP) is 1.85. The number of carbonyl (C=O) groups is 1. The summed E-state index contributed by atoms with van der Waals surface area (Å²) in [6.07, 6.45) is 2.29. The van der Waals surface area contributed by atoms with Gasteiger partial charge >= 0.3 is 5.82 Å². The summed E-state index contributed by atoms with van der Waals surface area (Å²) in [5, 5.41) is 21.5. The van der Waals surface area contributed by atoms with Gasteiger partial charge in [0, 0.05) is 25.2 Å². The molecule has 0 spiro atoms. The Kier molecular flexibility index (Phi) is 5.91. The van der Waals surface area contributed by atoms with Gasteiger partial charge in [0.25, 0.3) is 0 Å². The fraction of sp³-hybridized carbons (Fsp3) is 0.500. The van der Waals surface area contributed by atoms with E-state index >= 15 is 0 Å². The second kappa shape index (κ2) is 7.91. The molecule has 24 heavy (non-hydrogen) atoms. The molecule has 2 heterocycles. The number of rotatable bonds is 8. The molecule has 0 saturated carbocycles. The van der Waals surface area contributed by atoms with Crippen LogP contribution in [-0.4, -0.2) is 36.9 Å². The maximum Gasteiger partial charge on any atom is 0.408 e. The molecule has 0 aromatic carbocycles. The number of hydrogen-bond acceptors (Lipinski definition) is 5. The third kappa shape index (κ3) is 4.79. The molecule has 1 N–H and O–H groups in total. The number of amides is 1. The number of aryl methyl sites for hydroxylation is 4. The highest BCUT2D eigenvalue weighted by molar-refractivity contribution is 6.32. The summed E-state index contributed by atoms with van der Waals surface area (Å²) in [4.78, 5) is 21.8. The quantitative estimate of drug-likeness (QED) is 0.442. The number of aromatic nitrogens is 4. The van der Waals surface area contributed by atoms with Crippen molar-refractivity contribution in [1.82, 2.24) is 24.9 Å². The molecule has 2 rings (SSSR count). The maximum atomic E-state index is 11.8. The van der Waals surface area contributed by atoms with Crippen molar-refractivity contribution in [3.8, 4) is 0 Å². The first-order chi connectivity index (χ1) is 11.4. The van der Waals surface area contributed by atoms with Crippen LogP contribution in [0.15, 0.2) is 12.3 Å². The molecule has 0 saturated heterocycles. The molecule has 0 aliphatic heterocycles. The van der Waals surface area contributed by atoms with Crippen LogP contribution in [0.4, 0.5) is 5.82 Å². The van der Waals surface area contributed by atoms with Crippen LogP contribution < -0.4 is 5.32 Å². The van der Waals surface area contributed by atoms with Crippen molar-refractivity contribution in [3.63, 3.8) is 0 Å². The van der Waals surface area contributed by atoms with E-state index in [1.165, 1.54) is 10.9 Å². The lowest BCUT2D eigenvalue weighted by Gasteiger charge is -2.06. The SMILES string of the molecule is Cc1cc(C)n(CCCNC(=O)CCn2cc(Cl)c([N+](=O)[O-])n2)n1. The Morgan fingerprint density at radius 2 is 2.12 bits per heavy atom. The lowest BCUT2D eigenvalue weighted by atomic mass is 10.3. The molecule has 2 aromatic heterocycles. The Labute approximate surface area is 143 Å². The lowest BCUT2D eigenvalue weighted by molar-refractivity contribution is -0.389. The van der Waals surface area contributed by atoms with Gasteiger partial charge in [0.1, 0.15) is 0 Å². The van der Waals surface area contributed by atoms with E-state index in [0.717, 1.165) is 24.4 Å². The second-order valence-corrected chi connectivity index (χ2v) is 5.83. The zero-order chi connectivity index (χ0) is 17.7. The largest absolute Gasteiger partial charge is 0.408 e. The fourth-order valence-electron chi connectivity index (χ4n) is 2.29. The standard InChI is InChI=1S/C14H19ClN6O3/c1-10-8-11(2)20(17-10)6-3-5-16-13(22)4-7-19-9-12(15)14(18-19)21(23)24/h8-9H,3-7H2,1-2H3,(H,16,22). The van der Waals surface area contributed by atoms with E-state index in [1.54, 1.807) is 0 Å². The van der Waals surface area contributed by atoms with Crippen LogP contribution in [0.1, 0.15) is 24.2 Å². The van der Waals surface area contributed by atoms with Crippen molar-refractivity contribution in [2.75, 3.05) is 6.54 Å². The van der Waals surface area contributed by atoms with Gasteiger partial charge in [0.2, 0.25) is 5.91 Å². The van der Waals surface area contributed by atoms with Gasteiger partial charge in [-0.15, -0.1) is 0 Å². The highest BCUT2D eigenvalue weighted by Gasteiger charge is 2.19. The minimum absolute atomic E-state index is 0.0368. The van der Waals surface area contributed by atoms with Crippen molar-refractivity contribution in [3.05, 3.63) is 38.8 Å². The van der Waals surface area contributed by atoms with E-state index < -0.39 is 10.7 Å². The Hall–Kier alpha value is -2.42. The number of carbonyl (C=O) groups excluding carboxylic acids is 1. The lowest BCUT2D eigenvalue weighted by Crippen LogP contribution is -2.26. The number of nitrogens with one attached hydrogen (secondary N) is 1. The maximum absolute atomic E-state index is 11.8. The molecule has 0 atom stereocenters. The van der Waals surface area contributed by atoms with Gasteiger partial charge in [-0.05, 0) is 31.3 Å². The van der Waals surface area contributed by atoms with E-state index in [1.807, 2.05) is 24.6 Å². The van der Waals surface area contributed by atoms with Crippen LogP contribution in [-0.2, 0) is 17.9 Å². The van der Waals surface area contributed by atoms with Gasteiger partial charge in [-0.25, -0.2) is 0 Å². The molecule has 1 amide bonds. The molecule has 0 bridgehead atoms. The van der Waals surface area contributed by atoms with E-state index in [-0.39, 0.29) is 23.9 Å². The number of halogens is 1. The van der Waals surface area contributed by atoms with Gasteiger partial charge in [0.05, 0.1) is 23.5 Å². The Morgan fingerprint density at radius 1 is 1.38 bits per heavy atom. The number of nitro groups is 1. The highest BCUT2D eigenvalue weighted by atomic mass is 35.5. The number of nitrogens with zero attached hydrogens (tertiary/aromatic N) is 5. The Morgan fingerprint density at radius 3 is 2.71 bits per heavy atom. The molecule has 9 nitrogen and oxygen atoms in total. The third-order valence-electron chi connectivity index (χ3n) is 3.41. The smallest absolute Gasteiger partial charge is 0.358 e. The van der Waals surface area contributed by atoms with E-state index in [4.69, 9.17) is 11.6 Å². The summed E-state index contributed by atoms with van der Waals surface area (Å²) in [5.41, 5.74) is 2.07. The molecular formula is C14H19ClN6O3. The van der Waals surface area contributed by atoms with Gasteiger partial charge < -0.3 is 15.4 Å². The van der Waals surface area contributed by atoms with Crippen molar-refractivity contribution < 1.29 is 9.72 Å². The molecule has 2 aromatic rings. The Bertz CT molecular complexity index is 739. The van der Waals surface area contributed by atoms with Gasteiger partial charge in [-0.1, -0.05) is 11.6 Å². The summed E-state index contributed by atoms with van der Waals surface area (Å²) < 4.78 is 3.21. The first kappa shape index (κ1) is 17.9. The van der Waals surface area contributed by atoms with Crippen molar-refractivity contribution in [2.24, 2.45) is 0 Å². The van der Waals surface area contributed by atoms with Crippen LogP contribution in [0.5, 0.6) is 0 Å². The van der Waals surface area contributed by atoms with E-state index in [0.29, 0.717) is 6.54 Å². The monoisotopic (exact) mass is 354 g/mol. The summed E-state index contributed by atoms with van der Waals surface area (Å²) in [5.74, 6) is -0.542. The van der Waals surface area contributed by atoms with Crippen LogP contribution in [0.25, 0.3) is 0 Å². The van der Waals surface area contributed by atoms with Crippen molar-refractivity contribution >= 4 is 23.3 Å². The van der Waals surface area contributed by atoms with Crippen LogP contribution in [0.3, 0.4) is 0 Å². The molecule has 130 valence electrons. The first-order valence-corrected chi connectivity index (χ1v) is 7.89. The first-order valence-electron chi connectivity index (χ1n) is 7.52. The summed E-state index contributed by atoms with van der Waals surface area (Å²) >= 11 is 5.70. The zero-order valence-electron chi connectivity index (χ0n) is 13.5. The topological polar surface area (TPSA) is 108 Å². The average Bonchev–Trinajstić information content (AvgIpc) is 3.03. The average molecular weight is 355 g/mol. The predicted molar refractivity (Wildman–Crippen MR) is 87.8 cm³/mol. The zero-order valence-corrected chi connectivity index (χ0v) is 14.3. The van der Waals surface area contributed by atoms with Crippen molar-refractivity contribution in [2.45, 2.75) is 39.8 Å². The van der Waals surface area contributed by atoms with Crippen molar-refractivity contribution in [1.29, 1.82) is 0 Å². The minimum atomic E-state index is -0.655. The molecule has 0 aliphatic carbocycles. The van der Waals surface area contributed by atoms with Crippen LogP contribution in [0, 0.1) is 24.0 Å². The second-order valence-electron chi connectivity index (χ2n) is 5.42. The molecule has 0 aliphatic rings. The van der Waals surface area contributed by atoms with Gasteiger partial charge in [-0.3, -0.25) is 9.48 Å². The van der Waals surface area contributed by atoms with E-state index in [2.05, 4.69) is 15.5 Å². The number of hydrogen-bond donors (Lipinski definition) is 1. The molecule has 0 fully saturated rings. The normalized spacial score (nSPS) is 10.8. The molecule has 0 unspecified atom stereocenters. The summed E-state index contributed by atoms with van der Waals surface area (Å²) in [6.45, 7) is 5.44. The highest BCUT2D eigenvalue weighted by Crippen LogP contribution is 2.21. The Balaban J connectivity index is 1.69. The molecule has 10 heteroatoms. The van der Waals surface area contributed by atoms with Gasteiger partial charge in [-0.2, -0.15) is 9.78 Å². The van der Waals surface area contributed by atoms with Crippen LogP contribution >= 0.6 is 11.6 Å². The summed E-state index contributed by atoms with van der Waals surface area (Å²) in [7, 11) is 0. The van der Waals surface area contributed by atoms with Crippen LogP contribution in [0.2, 0.25) is 5.02 Å². The fourth-order valence-corrected chi connectivity index (χ4v) is 2.51. The van der Waals surface area contributed by atoms with Gasteiger partial charge in [0.15, 0.2) is 5.02 Å². The minimum Gasteiger partial charge on any atom is -0.358 e. The summed E-state index contributed by atoms with van der Waals surface area (Å²) in [6, 6.07) is 2.01.